The molecule has 106 valence electrons. The van der Waals surface area contributed by atoms with Gasteiger partial charge in [0.2, 0.25) is 0 Å². The van der Waals surface area contributed by atoms with Crippen molar-refractivity contribution in [3.8, 4) is 0 Å². The summed E-state index contributed by atoms with van der Waals surface area (Å²) in [7, 11) is 0. The van der Waals surface area contributed by atoms with Crippen molar-refractivity contribution in [3.05, 3.63) is 33.8 Å². The van der Waals surface area contributed by atoms with Crippen molar-refractivity contribution in [1.82, 2.24) is 0 Å². The molecule has 1 aromatic carbocycles. The Hall–Kier alpha value is -0.280. The molecule has 2 nitrogen and oxygen atoms in total. The highest BCUT2D eigenvalue weighted by atomic mass is 35.5. The van der Waals surface area contributed by atoms with Crippen LogP contribution in [0.5, 0.6) is 0 Å². The second-order valence-electron chi connectivity index (χ2n) is 5.59. The lowest BCUT2D eigenvalue weighted by Crippen LogP contribution is -2.39. The number of hydrogen-bond acceptors (Lipinski definition) is 2. The van der Waals surface area contributed by atoms with Crippen LogP contribution in [0.15, 0.2) is 18.2 Å². The lowest BCUT2D eigenvalue weighted by Gasteiger charge is -2.36. The fourth-order valence-electron chi connectivity index (χ4n) is 3.16. The third-order valence-electron chi connectivity index (χ3n) is 4.39. The zero-order valence-corrected chi connectivity index (χ0v) is 12.4. The lowest BCUT2D eigenvalue weighted by molar-refractivity contribution is 0.00571. The first-order valence-electron chi connectivity index (χ1n) is 6.77. The third-order valence-corrected chi connectivity index (χ3v) is 5.13. The highest BCUT2D eigenvalue weighted by molar-refractivity contribution is 6.42. The van der Waals surface area contributed by atoms with Crippen LogP contribution in [-0.4, -0.2) is 23.4 Å². The zero-order chi connectivity index (χ0) is 13.9. The van der Waals surface area contributed by atoms with Crippen molar-refractivity contribution in [1.29, 1.82) is 0 Å². The Labute approximate surface area is 124 Å². The van der Waals surface area contributed by atoms with Crippen LogP contribution in [0.4, 0.5) is 0 Å². The van der Waals surface area contributed by atoms with E-state index in [2.05, 4.69) is 0 Å². The van der Waals surface area contributed by atoms with Gasteiger partial charge in [0.25, 0.3) is 0 Å². The molecule has 0 aromatic heterocycles. The molecular weight excluding hydrogens is 283 g/mol. The number of aliphatic hydroxyl groups excluding tert-OH is 2. The van der Waals surface area contributed by atoms with E-state index in [1.54, 1.807) is 6.07 Å². The number of benzene rings is 1. The quantitative estimate of drug-likeness (QED) is 0.871. The Bertz CT molecular complexity index is 424. The van der Waals surface area contributed by atoms with E-state index in [0.29, 0.717) is 22.4 Å². The van der Waals surface area contributed by atoms with Crippen LogP contribution in [0.3, 0.4) is 0 Å². The zero-order valence-electron chi connectivity index (χ0n) is 10.9. The Morgan fingerprint density at radius 1 is 1.05 bits per heavy atom. The van der Waals surface area contributed by atoms with Crippen LogP contribution < -0.4 is 0 Å². The molecule has 0 atom stereocenters. The Morgan fingerprint density at radius 2 is 1.68 bits per heavy atom. The fraction of sp³-hybridized carbons (Fsp3) is 0.600. The molecule has 2 rings (SSSR count). The molecule has 1 fully saturated rings. The molecule has 0 radical (unpaired) electrons. The Kier molecular flexibility index (Phi) is 5.13. The Balaban J connectivity index is 2.21. The molecule has 1 aromatic rings. The van der Waals surface area contributed by atoms with Crippen molar-refractivity contribution in [2.75, 3.05) is 13.2 Å². The maximum absolute atomic E-state index is 9.80. The van der Waals surface area contributed by atoms with Crippen molar-refractivity contribution in [3.63, 3.8) is 0 Å². The van der Waals surface area contributed by atoms with Gasteiger partial charge < -0.3 is 10.2 Å². The van der Waals surface area contributed by atoms with Crippen molar-refractivity contribution >= 4 is 23.2 Å². The lowest BCUT2D eigenvalue weighted by atomic mass is 9.71. The van der Waals surface area contributed by atoms with Crippen molar-refractivity contribution in [2.45, 2.75) is 32.1 Å². The van der Waals surface area contributed by atoms with E-state index in [0.717, 1.165) is 18.4 Å². The molecule has 19 heavy (non-hydrogen) atoms. The summed E-state index contributed by atoms with van der Waals surface area (Å²) in [6, 6.07) is 5.52. The monoisotopic (exact) mass is 302 g/mol. The molecule has 0 heterocycles. The molecule has 2 N–H and O–H groups in total. The minimum atomic E-state index is -0.437. The van der Waals surface area contributed by atoms with Gasteiger partial charge in [0.15, 0.2) is 0 Å². The summed E-state index contributed by atoms with van der Waals surface area (Å²) in [5.74, 6) is 0.386. The van der Waals surface area contributed by atoms with Gasteiger partial charge in [0.1, 0.15) is 0 Å². The number of aliphatic hydroxyl groups is 2. The molecule has 0 unspecified atom stereocenters. The second kappa shape index (κ2) is 6.45. The van der Waals surface area contributed by atoms with E-state index in [1.165, 1.54) is 12.8 Å². The van der Waals surface area contributed by atoms with Crippen LogP contribution in [0.25, 0.3) is 0 Å². The molecule has 0 aliphatic heterocycles. The molecule has 0 spiro atoms. The van der Waals surface area contributed by atoms with E-state index in [-0.39, 0.29) is 13.2 Å². The highest BCUT2D eigenvalue weighted by Crippen LogP contribution is 2.42. The topological polar surface area (TPSA) is 40.5 Å². The van der Waals surface area contributed by atoms with E-state index in [4.69, 9.17) is 23.2 Å². The minimum absolute atomic E-state index is 0.00835. The first-order valence-corrected chi connectivity index (χ1v) is 7.52. The number of hydrogen-bond donors (Lipinski definition) is 2. The molecule has 4 heteroatoms. The van der Waals surface area contributed by atoms with Gasteiger partial charge in [-0.15, -0.1) is 0 Å². The summed E-state index contributed by atoms with van der Waals surface area (Å²) in [6.45, 7) is 0.0167. The molecular formula is C15H20Cl2O2. The first-order chi connectivity index (χ1) is 9.11. The number of rotatable bonds is 5. The number of halogens is 2. The van der Waals surface area contributed by atoms with E-state index in [9.17, 15) is 10.2 Å². The van der Waals surface area contributed by atoms with Gasteiger partial charge in [0, 0.05) is 5.41 Å². The maximum atomic E-state index is 9.80. The molecule has 1 aliphatic rings. The summed E-state index contributed by atoms with van der Waals surface area (Å²) in [5, 5.41) is 20.7. The normalized spacial score (nSPS) is 17.1. The van der Waals surface area contributed by atoms with Crippen LogP contribution in [0, 0.1) is 11.3 Å². The third kappa shape index (κ3) is 3.25. The van der Waals surface area contributed by atoms with Crippen LogP contribution >= 0.6 is 23.2 Å². The maximum Gasteiger partial charge on any atom is 0.0595 e. The van der Waals surface area contributed by atoms with Gasteiger partial charge in [-0.05, 0) is 42.9 Å². The standard InChI is InChI=1S/C15H20Cl2O2/c16-13-6-5-11(7-14(13)17)8-15(9-18,10-19)12-3-1-2-4-12/h5-7,12,18-19H,1-4,8-10H2. The SMILES string of the molecule is OCC(CO)(Cc1ccc(Cl)c(Cl)c1)C1CCCC1. The van der Waals surface area contributed by atoms with E-state index >= 15 is 0 Å². The predicted molar refractivity (Wildman–Crippen MR) is 78.7 cm³/mol. The van der Waals surface area contributed by atoms with Crippen LogP contribution in [0.2, 0.25) is 10.0 Å². The minimum Gasteiger partial charge on any atom is -0.396 e. The molecule has 1 aliphatic carbocycles. The average molecular weight is 303 g/mol. The summed E-state index contributed by atoms with van der Waals surface area (Å²) in [6.07, 6.45) is 5.19. The molecule has 1 saturated carbocycles. The smallest absolute Gasteiger partial charge is 0.0595 e. The summed E-state index contributed by atoms with van der Waals surface area (Å²) in [5.41, 5.74) is 0.581. The highest BCUT2D eigenvalue weighted by Gasteiger charge is 2.39. The molecule has 0 amide bonds. The van der Waals surface area contributed by atoms with Crippen molar-refractivity contribution < 1.29 is 10.2 Å². The summed E-state index contributed by atoms with van der Waals surface area (Å²) < 4.78 is 0. The average Bonchev–Trinajstić information content (AvgIpc) is 2.95. The van der Waals surface area contributed by atoms with Gasteiger partial charge in [-0.1, -0.05) is 42.1 Å². The van der Waals surface area contributed by atoms with Gasteiger partial charge in [0.05, 0.1) is 23.3 Å². The van der Waals surface area contributed by atoms with Gasteiger partial charge in [-0.25, -0.2) is 0 Å². The molecule has 0 bridgehead atoms. The fourth-order valence-corrected chi connectivity index (χ4v) is 3.48. The van der Waals surface area contributed by atoms with Crippen LogP contribution in [-0.2, 0) is 6.42 Å². The summed E-state index contributed by atoms with van der Waals surface area (Å²) in [4.78, 5) is 0. The van der Waals surface area contributed by atoms with Crippen molar-refractivity contribution in [2.24, 2.45) is 11.3 Å². The first kappa shape index (κ1) is 15.1. The van der Waals surface area contributed by atoms with Gasteiger partial charge in [-0.2, -0.15) is 0 Å². The second-order valence-corrected chi connectivity index (χ2v) is 6.40. The van der Waals surface area contributed by atoms with Crippen LogP contribution in [0.1, 0.15) is 31.2 Å². The predicted octanol–water partition coefficient (Wildman–Crippen LogP) is 3.70. The van der Waals surface area contributed by atoms with Gasteiger partial charge >= 0.3 is 0 Å². The Morgan fingerprint density at radius 3 is 2.21 bits per heavy atom. The van der Waals surface area contributed by atoms with E-state index < -0.39 is 5.41 Å². The van der Waals surface area contributed by atoms with Gasteiger partial charge in [-0.3, -0.25) is 0 Å². The molecule has 0 saturated heterocycles. The van der Waals surface area contributed by atoms with E-state index in [1.807, 2.05) is 12.1 Å². The largest absolute Gasteiger partial charge is 0.396 e. The summed E-state index contributed by atoms with van der Waals surface area (Å²) >= 11 is 11.9.